The Balaban J connectivity index is 0. The average molecular weight is 186 g/mol. The summed E-state index contributed by atoms with van der Waals surface area (Å²) in [6.45, 7) is 2.27. The summed E-state index contributed by atoms with van der Waals surface area (Å²) in [5.41, 5.74) is 6.76. The molecule has 0 saturated carbocycles. The molecule has 2 nitrogen and oxygen atoms in total. The molecule has 0 aliphatic rings. The molecule has 1 atom stereocenters. The van der Waals surface area contributed by atoms with Crippen molar-refractivity contribution in [2.24, 2.45) is 5.92 Å². The molecule has 1 radical (unpaired) electrons. The molecule has 0 rings (SSSR count). The van der Waals surface area contributed by atoms with Crippen LogP contribution in [0.3, 0.4) is 0 Å². The number of nitriles is 1. The van der Waals surface area contributed by atoms with Crippen LogP contribution >= 0.6 is 0 Å². The quantitative estimate of drug-likeness (QED) is 0.645. The van der Waals surface area contributed by atoms with Crippen molar-refractivity contribution in [2.75, 3.05) is 6.54 Å². The van der Waals surface area contributed by atoms with E-state index in [2.05, 4.69) is 0 Å². The third kappa shape index (κ3) is 6.55. The van der Waals surface area contributed by atoms with Gasteiger partial charge in [0.2, 0.25) is 0 Å². The van der Waals surface area contributed by atoms with Crippen LogP contribution in [0.25, 0.3) is 5.73 Å². The Bertz CT molecular complexity index is 77.0. The van der Waals surface area contributed by atoms with Gasteiger partial charge in [0.1, 0.15) is 0 Å². The van der Waals surface area contributed by atoms with E-state index in [4.69, 9.17) is 11.0 Å². The maximum absolute atomic E-state index is 8.03. The summed E-state index contributed by atoms with van der Waals surface area (Å²) < 4.78 is 0. The van der Waals surface area contributed by atoms with Crippen LogP contribution in [0.4, 0.5) is 0 Å². The monoisotopic (exact) mass is 186 g/mol. The fourth-order valence-corrected chi connectivity index (χ4v) is 0.228. The summed E-state index contributed by atoms with van der Waals surface area (Å²) >= 11 is 0. The zero-order valence-electron chi connectivity index (χ0n) is 5.02. The Morgan fingerprint density at radius 1 is 1.75 bits per heavy atom. The fraction of sp³-hybridized carbons (Fsp3) is 0.800. The molecule has 0 aromatic heterocycles. The van der Waals surface area contributed by atoms with Crippen molar-refractivity contribution in [3.05, 3.63) is 5.73 Å². The smallest absolute Gasteiger partial charge is 0.0623 e. The topological polar surface area (TPSA) is 47.6 Å². The first kappa shape index (κ1) is 11.4. The molecule has 3 heteroatoms. The van der Waals surface area contributed by atoms with Crippen LogP contribution in [-0.4, -0.2) is 6.54 Å². The number of hydrogen-bond donors (Lipinski definition) is 0. The summed E-state index contributed by atoms with van der Waals surface area (Å²) in [5, 5.41) is 8.03. The summed E-state index contributed by atoms with van der Waals surface area (Å²) in [7, 11) is 0. The maximum Gasteiger partial charge on any atom is 0.0623 e. The maximum atomic E-state index is 8.03. The fourth-order valence-electron chi connectivity index (χ4n) is 0.228. The molecular formula is C5H9N2Y-. The third-order valence-corrected chi connectivity index (χ3v) is 0.788. The van der Waals surface area contributed by atoms with Crippen molar-refractivity contribution in [3.8, 4) is 6.07 Å². The van der Waals surface area contributed by atoms with Gasteiger partial charge in [-0.2, -0.15) is 5.26 Å². The Hall–Kier alpha value is 0.554. The molecule has 0 bridgehead atoms. The van der Waals surface area contributed by atoms with Gasteiger partial charge >= 0.3 is 0 Å². The van der Waals surface area contributed by atoms with Gasteiger partial charge in [-0.25, -0.2) is 0 Å². The standard InChI is InChI=1S/C5H9N2.Y/c1-5(4-7)2-3-6;/h5,7H,2,4H2,1H3;/q-1;. The van der Waals surface area contributed by atoms with E-state index in [0.29, 0.717) is 13.0 Å². The molecule has 0 spiro atoms. The van der Waals surface area contributed by atoms with Gasteiger partial charge in [-0.05, 0) is 0 Å². The second-order valence-electron chi connectivity index (χ2n) is 1.67. The molecule has 43 valence electrons. The van der Waals surface area contributed by atoms with Crippen molar-refractivity contribution in [3.63, 3.8) is 0 Å². The van der Waals surface area contributed by atoms with E-state index >= 15 is 0 Å². The normalized spacial score (nSPS) is 11.1. The molecule has 1 N–H and O–H groups in total. The van der Waals surface area contributed by atoms with Gasteiger partial charge in [-0.15, -0.1) is 6.54 Å². The Kier molecular flexibility index (Phi) is 10.7. The van der Waals surface area contributed by atoms with Crippen LogP contribution < -0.4 is 0 Å². The Morgan fingerprint density at radius 2 is 2.25 bits per heavy atom. The van der Waals surface area contributed by atoms with Crippen LogP contribution in [0.1, 0.15) is 13.3 Å². The molecule has 8 heavy (non-hydrogen) atoms. The van der Waals surface area contributed by atoms with Crippen LogP contribution in [0.5, 0.6) is 0 Å². The van der Waals surface area contributed by atoms with E-state index in [1.165, 1.54) is 0 Å². The van der Waals surface area contributed by atoms with Crippen molar-refractivity contribution in [1.82, 2.24) is 0 Å². The molecular weight excluding hydrogens is 177 g/mol. The van der Waals surface area contributed by atoms with Crippen molar-refractivity contribution in [2.45, 2.75) is 13.3 Å². The molecule has 0 aliphatic heterocycles. The van der Waals surface area contributed by atoms with Gasteiger partial charge < -0.3 is 5.73 Å². The van der Waals surface area contributed by atoms with E-state index in [9.17, 15) is 0 Å². The first-order valence-corrected chi connectivity index (χ1v) is 2.32. The number of rotatable bonds is 2. The van der Waals surface area contributed by atoms with E-state index in [0.717, 1.165) is 0 Å². The largest absolute Gasteiger partial charge is 0.677 e. The van der Waals surface area contributed by atoms with Crippen LogP contribution in [-0.2, 0) is 32.7 Å². The minimum Gasteiger partial charge on any atom is -0.677 e. The number of nitrogens with zero attached hydrogens (tertiary/aromatic N) is 1. The SMILES string of the molecule is CC(C[NH-])CC#N.[Y]. The van der Waals surface area contributed by atoms with Gasteiger partial charge in [0, 0.05) is 39.1 Å². The minimum absolute atomic E-state index is 0. The zero-order valence-corrected chi connectivity index (χ0v) is 7.85. The van der Waals surface area contributed by atoms with E-state index < -0.39 is 0 Å². The van der Waals surface area contributed by atoms with Crippen LogP contribution in [0, 0.1) is 17.2 Å². The van der Waals surface area contributed by atoms with Gasteiger partial charge in [-0.1, -0.05) is 12.8 Å². The van der Waals surface area contributed by atoms with Crippen molar-refractivity contribution < 1.29 is 32.7 Å². The molecule has 0 saturated heterocycles. The molecule has 0 fully saturated rings. The minimum atomic E-state index is 0. The van der Waals surface area contributed by atoms with E-state index in [1.807, 2.05) is 13.0 Å². The molecule has 0 aromatic rings. The molecule has 0 aromatic carbocycles. The van der Waals surface area contributed by atoms with E-state index in [-0.39, 0.29) is 38.6 Å². The molecule has 0 amide bonds. The predicted octanol–water partition coefficient (Wildman–Crippen LogP) is 1.59. The molecule has 0 aliphatic carbocycles. The second-order valence-corrected chi connectivity index (χ2v) is 1.67. The van der Waals surface area contributed by atoms with Crippen LogP contribution in [0.2, 0.25) is 0 Å². The van der Waals surface area contributed by atoms with Crippen molar-refractivity contribution in [1.29, 1.82) is 5.26 Å². The average Bonchev–Trinajstić information content (AvgIpc) is 1.68. The first-order valence-electron chi connectivity index (χ1n) is 2.32. The molecule has 1 unspecified atom stereocenters. The van der Waals surface area contributed by atoms with Gasteiger partial charge in [0.05, 0.1) is 6.07 Å². The van der Waals surface area contributed by atoms with Gasteiger partial charge in [0.15, 0.2) is 0 Å². The van der Waals surface area contributed by atoms with E-state index in [1.54, 1.807) is 0 Å². The molecule has 0 heterocycles. The summed E-state index contributed by atoms with van der Waals surface area (Å²) in [6.07, 6.45) is 0.517. The van der Waals surface area contributed by atoms with Crippen LogP contribution in [0.15, 0.2) is 0 Å². The zero-order chi connectivity index (χ0) is 5.70. The Morgan fingerprint density at radius 3 is 2.38 bits per heavy atom. The Labute approximate surface area is 75.3 Å². The van der Waals surface area contributed by atoms with Crippen molar-refractivity contribution >= 4 is 0 Å². The van der Waals surface area contributed by atoms with Gasteiger partial charge in [-0.3, -0.25) is 0 Å². The summed E-state index contributed by atoms with van der Waals surface area (Å²) in [4.78, 5) is 0. The first-order chi connectivity index (χ1) is 3.31. The second kappa shape index (κ2) is 7.55. The predicted molar refractivity (Wildman–Crippen MR) is 28.6 cm³/mol. The van der Waals surface area contributed by atoms with Gasteiger partial charge in [0.25, 0.3) is 0 Å². The number of nitrogens with one attached hydrogen (secondary N) is 1. The third-order valence-electron chi connectivity index (χ3n) is 0.788. The number of hydrogen-bond acceptors (Lipinski definition) is 1. The summed E-state index contributed by atoms with van der Waals surface area (Å²) in [5.74, 6) is 0.255. The summed E-state index contributed by atoms with van der Waals surface area (Å²) in [6, 6.07) is 2.00.